The molecule has 1 amide bonds. The minimum Gasteiger partial charge on any atom is -0.368 e. The van der Waals surface area contributed by atoms with Crippen LogP contribution in [0.4, 0.5) is 11.8 Å². The predicted molar refractivity (Wildman–Crippen MR) is 108 cm³/mol. The molecule has 3 rings (SSSR count). The van der Waals surface area contributed by atoms with Gasteiger partial charge in [-0.2, -0.15) is 0 Å². The van der Waals surface area contributed by atoms with Crippen LogP contribution in [0.5, 0.6) is 0 Å². The number of hydrogen-bond donors (Lipinski definition) is 1. The lowest BCUT2D eigenvalue weighted by atomic mass is 9.96. The Morgan fingerprint density at radius 2 is 2.11 bits per heavy atom. The third-order valence-electron chi connectivity index (χ3n) is 4.73. The van der Waals surface area contributed by atoms with Crippen molar-refractivity contribution in [1.82, 2.24) is 19.9 Å². The molecule has 1 unspecified atom stereocenters. The lowest BCUT2D eigenvalue weighted by molar-refractivity contribution is -0.127. The second-order valence-electron chi connectivity index (χ2n) is 7.54. The predicted octanol–water partition coefficient (Wildman–Crippen LogP) is 2.76. The standard InChI is InChI=1S/C20H28N6O/c1-13(2)23-18-10-15(6-8-21-18)17-11-22-20(25(4)5)24-19(17)16-7-9-26(12-16)14(3)27/h6,8,10-11,13,16H,7,9,12H2,1-5H3,(H,21,23). The summed E-state index contributed by atoms with van der Waals surface area (Å²) in [5, 5.41) is 3.34. The molecule has 1 saturated heterocycles. The fourth-order valence-corrected chi connectivity index (χ4v) is 3.38. The second kappa shape index (κ2) is 7.90. The van der Waals surface area contributed by atoms with E-state index >= 15 is 0 Å². The first-order valence-electron chi connectivity index (χ1n) is 9.38. The summed E-state index contributed by atoms with van der Waals surface area (Å²) in [6.07, 6.45) is 4.61. The molecule has 0 spiro atoms. The van der Waals surface area contributed by atoms with Gasteiger partial charge in [-0.1, -0.05) is 0 Å². The Morgan fingerprint density at radius 1 is 1.33 bits per heavy atom. The first-order chi connectivity index (χ1) is 12.8. The molecule has 0 aliphatic carbocycles. The monoisotopic (exact) mass is 368 g/mol. The number of pyridine rings is 1. The maximum Gasteiger partial charge on any atom is 0.225 e. The normalized spacial score (nSPS) is 16.7. The molecule has 0 bridgehead atoms. The number of aromatic nitrogens is 3. The van der Waals surface area contributed by atoms with E-state index in [2.05, 4.69) is 29.1 Å². The zero-order chi connectivity index (χ0) is 19.6. The summed E-state index contributed by atoms with van der Waals surface area (Å²) < 4.78 is 0. The van der Waals surface area contributed by atoms with Crippen LogP contribution in [0.2, 0.25) is 0 Å². The third-order valence-corrected chi connectivity index (χ3v) is 4.73. The molecule has 1 N–H and O–H groups in total. The van der Waals surface area contributed by atoms with Gasteiger partial charge in [0.25, 0.3) is 0 Å². The van der Waals surface area contributed by atoms with E-state index in [9.17, 15) is 4.79 Å². The molecule has 1 fully saturated rings. The van der Waals surface area contributed by atoms with Gasteiger partial charge in [-0.05, 0) is 38.0 Å². The van der Waals surface area contributed by atoms with E-state index in [4.69, 9.17) is 4.98 Å². The average molecular weight is 368 g/mol. The molecule has 2 aromatic rings. The first kappa shape index (κ1) is 19.1. The minimum absolute atomic E-state index is 0.119. The van der Waals surface area contributed by atoms with Gasteiger partial charge in [0.05, 0.1) is 5.69 Å². The first-order valence-corrected chi connectivity index (χ1v) is 9.38. The summed E-state index contributed by atoms with van der Waals surface area (Å²) in [6.45, 7) is 7.28. The van der Waals surface area contributed by atoms with Crippen molar-refractivity contribution in [2.75, 3.05) is 37.4 Å². The van der Waals surface area contributed by atoms with Crippen LogP contribution >= 0.6 is 0 Å². The van der Waals surface area contributed by atoms with Crippen LogP contribution < -0.4 is 10.2 Å². The van der Waals surface area contributed by atoms with Crippen LogP contribution in [0.25, 0.3) is 11.1 Å². The summed E-state index contributed by atoms with van der Waals surface area (Å²) in [6, 6.07) is 4.33. The number of amides is 1. The number of nitrogens with one attached hydrogen (secondary N) is 1. The third kappa shape index (κ3) is 4.35. The van der Waals surface area contributed by atoms with E-state index in [0.29, 0.717) is 18.5 Å². The molecule has 1 aliphatic heterocycles. The Morgan fingerprint density at radius 3 is 2.74 bits per heavy atom. The number of carbonyl (C=O) groups is 1. The maximum atomic E-state index is 11.8. The average Bonchev–Trinajstić information content (AvgIpc) is 3.11. The van der Waals surface area contributed by atoms with Gasteiger partial charge in [-0.3, -0.25) is 4.79 Å². The van der Waals surface area contributed by atoms with Crippen LogP contribution in [-0.4, -0.2) is 59.0 Å². The van der Waals surface area contributed by atoms with Crippen LogP contribution in [0.3, 0.4) is 0 Å². The lowest BCUT2D eigenvalue weighted by Gasteiger charge is -2.19. The summed E-state index contributed by atoms with van der Waals surface area (Å²) in [5.74, 6) is 1.85. The van der Waals surface area contributed by atoms with Crippen LogP contribution in [0, 0.1) is 0 Å². The molecule has 27 heavy (non-hydrogen) atoms. The van der Waals surface area contributed by atoms with Crippen molar-refractivity contribution in [3.63, 3.8) is 0 Å². The smallest absolute Gasteiger partial charge is 0.225 e. The number of nitrogens with zero attached hydrogens (tertiary/aromatic N) is 5. The van der Waals surface area contributed by atoms with Gasteiger partial charge in [0.15, 0.2) is 0 Å². The molecule has 0 saturated carbocycles. The Hall–Kier alpha value is -2.70. The number of carbonyl (C=O) groups excluding carboxylic acids is 1. The number of anilines is 2. The van der Waals surface area contributed by atoms with Gasteiger partial charge in [0.2, 0.25) is 11.9 Å². The van der Waals surface area contributed by atoms with Crippen LogP contribution in [0.15, 0.2) is 24.5 Å². The van der Waals surface area contributed by atoms with Crippen LogP contribution in [-0.2, 0) is 4.79 Å². The second-order valence-corrected chi connectivity index (χ2v) is 7.54. The van der Waals surface area contributed by atoms with Gasteiger partial charge in [-0.25, -0.2) is 15.0 Å². The highest BCUT2D eigenvalue weighted by Crippen LogP contribution is 2.34. The van der Waals surface area contributed by atoms with E-state index in [0.717, 1.165) is 35.6 Å². The fraction of sp³-hybridized carbons (Fsp3) is 0.500. The SMILES string of the molecule is CC(=O)N1CCC(c2nc(N(C)C)ncc2-c2ccnc(NC(C)C)c2)C1. The Balaban J connectivity index is 2.01. The molecule has 1 aliphatic rings. The minimum atomic E-state index is 0.119. The molecule has 7 heteroatoms. The summed E-state index contributed by atoms with van der Waals surface area (Å²) in [7, 11) is 3.87. The quantitative estimate of drug-likeness (QED) is 0.875. The molecular formula is C20H28N6O. The van der Waals surface area contributed by atoms with Gasteiger partial charge in [-0.15, -0.1) is 0 Å². The van der Waals surface area contributed by atoms with Gasteiger partial charge in [0, 0.05) is 64.0 Å². The van der Waals surface area contributed by atoms with E-state index in [-0.39, 0.29) is 11.8 Å². The van der Waals surface area contributed by atoms with Gasteiger partial charge < -0.3 is 15.1 Å². The molecule has 3 heterocycles. The summed E-state index contributed by atoms with van der Waals surface area (Å²) >= 11 is 0. The maximum absolute atomic E-state index is 11.8. The molecular weight excluding hydrogens is 340 g/mol. The zero-order valence-corrected chi connectivity index (χ0v) is 16.7. The highest BCUT2D eigenvalue weighted by molar-refractivity contribution is 5.74. The zero-order valence-electron chi connectivity index (χ0n) is 16.7. The lowest BCUT2D eigenvalue weighted by Crippen LogP contribution is -2.25. The molecule has 1 atom stereocenters. The van der Waals surface area contributed by atoms with E-state index in [1.165, 1.54) is 0 Å². The van der Waals surface area contributed by atoms with E-state index in [1.807, 2.05) is 42.2 Å². The van der Waals surface area contributed by atoms with Crippen molar-refractivity contribution in [3.05, 3.63) is 30.2 Å². The van der Waals surface area contributed by atoms with Gasteiger partial charge in [0.1, 0.15) is 5.82 Å². The molecule has 0 radical (unpaired) electrons. The molecule has 2 aromatic heterocycles. The Labute approximate surface area is 160 Å². The highest BCUT2D eigenvalue weighted by atomic mass is 16.2. The van der Waals surface area contributed by atoms with Crippen molar-refractivity contribution in [2.45, 2.75) is 39.2 Å². The highest BCUT2D eigenvalue weighted by Gasteiger charge is 2.29. The summed E-state index contributed by atoms with van der Waals surface area (Å²) in [5.41, 5.74) is 3.04. The molecule has 0 aromatic carbocycles. The molecule has 7 nitrogen and oxygen atoms in total. The van der Waals surface area contributed by atoms with Crippen molar-refractivity contribution >= 4 is 17.7 Å². The summed E-state index contributed by atoms with van der Waals surface area (Å²) in [4.78, 5) is 29.3. The van der Waals surface area contributed by atoms with E-state index < -0.39 is 0 Å². The van der Waals surface area contributed by atoms with Gasteiger partial charge >= 0.3 is 0 Å². The van der Waals surface area contributed by atoms with Crippen molar-refractivity contribution in [2.24, 2.45) is 0 Å². The Kier molecular flexibility index (Phi) is 5.58. The number of likely N-dealkylation sites (tertiary alicyclic amines) is 1. The number of hydrogen-bond acceptors (Lipinski definition) is 6. The van der Waals surface area contributed by atoms with Crippen LogP contribution in [0.1, 0.15) is 38.8 Å². The largest absolute Gasteiger partial charge is 0.368 e. The topological polar surface area (TPSA) is 74.2 Å². The number of rotatable bonds is 5. The van der Waals surface area contributed by atoms with Crippen molar-refractivity contribution in [3.8, 4) is 11.1 Å². The molecule has 144 valence electrons. The van der Waals surface area contributed by atoms with Crippen molar-refractivity contribution in [1.29, 1.82) is 0 Å². The fourth-order valence-electron chi connectivity index (χ4n) is 3.38. The van der Waals surface area contributed by atoms with Crippen molar-refractivity contribution < 1.29 is 4.79 Å². The van der Waals surface area contributed by atoms with E-state index in [1.54, 1.807) is 13.1 Å². The Bertz CT molecular complexity index is 820.